The number of hydrogen-bond acceptors (Lipinski definition) is 2. The summed E-state index contributed by atoms with van der Waals surface area (Å²) < 4.78 is 4.91. The van der Waals surface area contributed by atoms with Gasteiger partial charge in [-0.2, -0.15) is 0 Å². The number of esters is 1. The predicted octanol–water partition coefficient (Wildman–Crippen LogP) is 3.09. The molecule has 1 aromatic carbocycles. The average Bonchev–Trinajstić information content (AvgIpc) is 2.37. The van der Waals surface area contributed by atoms with Crippen LogP contribution in [0.2, 0.25) is 0 Å². The van der Waals surface area contributed by atoms with Gasteiger partial charge in [-0.3, -0.25) is 4.79 Å². The number of fused-ring (bicyclic) bond motifs is 1. The number of carbonyl (C=O) groups is 1. The van der Waals surface area contributed by atoms with Crippen LogP contribution in [-0.2, 0) is 21.4 Å². The summed E-state index contributed by atoms with van der Waals surface area (Å²) in [6.07, 6.45) is 3.33. The topological polar surface area (TPSA) is 26.3 Å². The molecule has 1 aromatic rings. The van der Waals surface area contributed by atoms with E-state index in [4.69, 9.17) is 4.74 Å². The van der Waals surface area contributed by atoms with E-state index < -0.39 is 0 Å². The van der Waals surface area contributed by atoms with Crippen LogP contribution in [-0.4, -0.2) is 13.1 Å². The highest BCUT2D eigenvalue weighted by Gasteiger charge is 2.40. The number of carbonyl (C=O) groups excluding carboxylic acids is 1. The van der Waals surface area contributed by atoms with Crippen molar-refractivity contribution >= 4 is 5.97 Å². The zero-order chi connectivity index (χ0) is 12.5. The number of ether oxygens (including phenoxy) is 1. The van der Waals surface area contributed by atoms with Gasteiger partial charge in [0.15, 0.2) is 0 Å². The van der Waals surface area contributed by atoms with E-state index in [0.29, 0.717) is 0 Å². The Bertz CT molecular complexity index is 425. The first-order chi connectivity index (χ1) is 8.09. The molecule has 0 radical (unpaired) electrons. The molecule has 0 fully saturated rings. The third kappa shape index (κ3) is 1.97. The molecule has 2 rings (SSSR count). The van der Waals surface area contributed by atoms with Crippen LogP contribution in [0.4, 0.5) is 0 Å². The normalized spacial score (nSPS) is 24.9. The fourth-order valence-corrected chi connectivity index (χ4v) is 2.96. The summed E-state index contributed by atoms with van der Waals surface area (Å²) in [5.41, 5.74) is 2.63. The molecular formula is C15H20O2. The molecule has 0 spiro atoms. The van der Waals surface area contributed by atoms with E-state index in [9.17, 15) is 4.79 Å². The minimum absolute atomic E-state index is 0.0814. The monoisotopic (exact) mass is 232 g/mol. The van der Waals surface area contributed by atoms with Crippen molar-refractivity contribution in [1.82, 2.24) is 0 Å². The van der Waals surface area contributed by atoms with Crippen LogP contribution in [0.15, 0.2) is 24.3 Å². The summed E-state index contributed by atoms with van der Waals surface area (Å²) in [5.74, 6) is -0.196. The molecule has 2 heteroatoms. The van der Waals surface area contributed by atoms with Crippen molar-refractivity contribution in [3.63, 3.8) is 0 Å². The summed E-state index contributed by atoms with van der Waals surface area (Å²) >= 11 is 0. The minimum atomic E-state index is -0.107. The molecule has 0 heterocycles. The smallest absolute Gasteiger partial charge is 0.309 e. The van der Waals surface area contributed by atoms with E-state index in [1.807, 2.05) is 6.92 Å². The summed E-state index contributed by atoms with van der Waals surface area (Å²) in [7, 11) is 1.47. The zero-order valence-electron chi connectivity index (χ0n) is 10.8. The molecule has 0 aromatic heterocycles. The molecule has 0 saturated carbocycles. The van der Waals surface area contributed by atoms with Crippen molar-refractivity contribution in [1.29, 1.82) is 0 Å². The van der Waals surface area contributed by atoms with Crippen molar-refractivity contribution in [2.24, 2.45) is 5.92 Å². The predicted molar refractivity (Wildman–Crippen MR) is 67.9 cm³/mol. The van der Waals surface area contributed by atoms with Crippen LogP contribution in [0.1, 0.15) is 37.8 Å². The lowest BCUT2D eigenvalue weighted by Crippen LogP contribution is -2.39. The van der Waals surface area contributed by atoms with Gasteiger partial charge in [-0.25, -0.2) is 0 Å². The van der Waals surface area contributed by atoms with Crippen LogP contribution in [0, 0.1) is 5.92 Å². The van der Waals surface area contributed by atoms with Gasteiger partial charge in [0.1, 0.15) is 0 Å². The third-order valence-electron chi connectivity index (χ3n) is 4.29. The highest BCUT2D eigenvalue weighted by Crippen LogP contribution is 2.42. The Kier molecular flexibility index (Phi) is 3.23. The number of benzene rings is 1. The number of methoxy groups -OCH3 is 1. The van der Waals surface area contributed by atoms with E-state index in [1.54, 1.807) is 0 Å². The lowest BCUT2D eigenvalue weighted by atomic mass is 9.64. The summed E-state index contributed by atoms with van der Waals surface area (Å²) in [4.78, 5) is 11.8. The Hall–Kier alpha value is -1.31. The maximum Gasteiger partial charge on any atom is 0.309 e. The largest absolute Gasteiger partial charge is 0.469 e. The molecule has 0 saturated heterocycles. The van der Waals surface area contributed by atoms with Crippen molar-refractivity contribution in [3.8, 4) is 0 Å². The molecular weight excluding hydrogens is 212 g/mol. The second kappa shape index (κ2) is 4.52. The van der Waals surface area contributed by atoms with E-state index in [0.717, 1.165) is 19.3 Å². The maximum absolute atomic E-state index is 11.8. The van der Waals surface area contributed by atoms with Gasteiger partial charge in [-0.15, -0.1) is 0 Å². The van der Waals surface area contributed by atoms with Crippen LogP contribution < -0.4 is 0 Å². The standard InChI is InChI=1S/C15H20O2/c1-11(14(16)17-3)15(2)10-6-8-12-7-4-5-9-13(12)15/h4-5,7,9,11H,6,8,10H2,1-3H3/t11-,15-/m0/s1. The van der Waals surface area contributed by atoms with Gasteiger partial charge in [-0.1, -0.05) is 38.1 Å². The second-order valence-corrected chi connectivity index (χ2v) is 5.17. The van der Waals surface area contributed by atoms with Crippen LogP contribution >= 0.6 is 0 Å². The third-order valence-corrected chi connectivity index (χ3v) is 4.29. The number of rotatable bonds is 2. The summed E-state index contributed by atoms with van der Waals surface area (Å²) in [6.45, 7) is 4.17. The quantitative estimate of drug-likeness (QED) is 0.732. The average molecular weight is 232 g/mol. The Morgan fingerprint density at radius 3 is 2.82 bits per heavy atom. The molecule has 0 unspecified atom stereocenters. The molecule has 2 nitrogen and oxygen atoms in total. The zero-order valence-corrected chi connectivity index (χ0v) is 10.8. The van der Waals surface area contributed by atoms with Gasteiger partial charge in [-0.05, 0) is 30.4 Å². The van der Waals surface area contributed by atoms with E-state index in [1.165, 1.54) is 18.2 Å². The number of aryl methyl sites for hydroxylation is 1. The Morgan fingerprint density at radius 2 is 2.12 bits per heavy atom. The number of hydrogen-bond donors (Lipinski definition) is 0. The summed E-state index contributed by atoms with van der Waals surface area (Å²) in [5, 5.41) is 0. The second-order valence-electron chi connectivity index (χ2n) is 5.17. The van der Waals surface area contributed by atoms with Crippen LogP contribution in [0.25, 0.3) is 0 Å². The first-order valence-electron chi connectivity index (χ1n) is 6.26. The molecule has 0 amide bonds. The first kappa shape index (κ1) is 12.2. The van der Waals surface area contributed by atoms with Gasteiger partial charge in [0.05, 0.1) is 13.0 Å². The van der Waals surface area contributed by atoms with Crippen molar-refractivity contribution in [3.05, 3.63) is 35.4 Å². The van der Waals surface area contributed by atoms with E-state index in [-0.39, 0.29) is 17.3 Å². The van der Waals surface area contributed by atoms with Crippen LogP contribution in [0.5, 0.6) is 0 Å². The van der Waals surface area contributed by atoms with Crippen molar-refractivity contribution < 1.29 is 9.53 Å². The lowest BCUT2D eigenvalue weighted by molar-refractivity contribution is -0.147. The van der Waals surface area contributed by atoms with E-state index >= 15 is 0 Å². The van der Waals surface area contributed by atoms with Crippen LogP contribution in [0.3, 0.4) is 0 Å². The molecule has 1 aliphatic rings. The van der Waals surface area contributed by atoms with Crippen molar-refractivity contribution in [2.45, 2.75) is 38.5 Å². The minimum Gasteiger partial charge on any atom is -0.469 e. The highest BCUT2D eigenvalue weighted by atomic mass is 16.5. The Labute approximate surface area is 103 Å². The van der Waals surface area contributed by atoms with Gasteiger partial charge >= 0.3 is 5.97 Å². The molecule has 0 aliphatic heterocycles. The fraction of sp³-hybridized carbons (Fsp3) is 0.533. The Morgan fingerprint density at radius 1 is 1.41 bits per heavy atom. The molecule has 17 heavy (non-hydrogen) atoms. The van der Waals surface area contributed by atoms with E-state index in [2.05, 4.69) is 31.2 Å². The van der Waals surface area contributed by atoms with Crippen molar-refractivity contribution in [2.75, 3.05) is 7.11 Å². The lowest BCUT2D eigenvalue weighted by Gasteiger charge is -2.39. The maximum atomic E-state index is 11.8. The van der Waals surface area contributed by atoms with Gasteiger partial charge in [0.2, 0.25) is 0 Å². The molecule has 1 aliphatic carbocycles. The van der Waals surface area contributed by atoms with Gasteiger partial charge in [0, 0.05) is 5.41 Å². The molecule has 92 valence electrons. The van der Waals surface area contributed by atoms with Gasteiger partial charge in [0.25, 0.3) is 0 Å². The molecule has 2 atom stereocenters. The highest BCUT2D eigenvalue weighted by molar-refractivity contribution is 5.74. The first-order valence-corrected chi connectivity index (χ1v) is 6.26. The Balaban J connectivity index is 2.42. The SMILES string of the molecule is COC(=O)[C@H](C)[C@]1(C)CCCc2ccccc21. The fourth-order valence-electron chi connectivity index (χ4n) is 2.96. The van der Waals surface area contributed by atoms with Gasteiger partial charge < -0.3 is 4.74 Å². The summed E-state index contributed by atoms with van der Waals surface area (Å²) in [6, 6.07) is 8.48. The molecule has 0 N–H and O–H groups in total. The molecule has 0 bridgehead atoms.